The van der Waals surface area contributed by atoms with Gasteiger partial charge in [-0.15, -0.1) is 11.3 Å². The van der Waals surface area contributed by atoms with Crippen LogP contribution in [0.15, 0.2) is 16.3 Å². The van der Waals surface area contributed by atoms with E-state index < -0.39 is 10.0 Å². The van der Waals surface area contributed by atoms with Crippen LogP contribution in [-0.2, 0) is 16.4 Å². The van der Waals surface area contributed by atoms with E-state index >= 15 is 0 Å². The fourth-order valence-electron chi connectivity index (χ4n) is 1.87. The minimum absolute atomic E-state index is 0.350. The van der Waals surface area contributed by atoms with Crippen LogP contribution in [0, 0.1) is 0 Å². The van der Waals surface area contributed by atoms with Crippen LogP contribution in [-0.4, -0.2) is 25.4 Å². The molecule has 0 saturated carbocycles. The van der Waals surface area contributed by atoms with Crippen molar-refractivity contribution < 1.29 is 8.42 Å². The van der Waals surface area contributed by atoms with Crippen molar-refractivity contribution in [2.45, 2.75) is 36.6 Å². The molecule has 1 aliphatic heterocycles. The molecule has 2 N–H and O–H groups in total. The fourth-order valence-corrected chi connectivity index (χ4v) is 4.87. The summed E-state index contributed by atoms with van der Waals surface area (Å²) in [6.07, 6.45) is 2.13. The molecule has 2 heterocycles. The molecule has 6 heteroatoms. The summed E-state index contributed by atoms with van der Waals surface area (Å²) >= 11 is 1.34. The molecule has 1 atom stereocenters. The number of thiophene rings is 1. The number of hydrogen-bond acceptors (Lipinski definition) is 4. The first-order valence-electron chi connectivity index (χ1n) is 5.42. The van der Waals surface area contributed by atoms with Gasteiger partial charge in [-0.3, -0.25) is 0 Å². The van der Waals surface area contributed by atoms with E-state index in [1.54, 1.807) is 6.07 Å². The Labute approximate surface area is 100 Å². The predicted octanol–water partition coefficient (Wildman–Crippen LogP) is 1.38. The maximum absolute atomic E-state index is 12.2. The van der Waals surface area contributed by atoms with Gasteiger partial charge in [0.1, 0.15) is 4.21 Å². The average Bonchev–Trinajstić information content (AvgIpc) is 2.85. The van der Waals surface area contributed by atoms with E-state index in [4.69, 9.17) is 5.73 Å². The molecule has 0 bridgehead atoms. The lowest BCUT2D eigenvalue weighted by atomic mass is 10.3. The summed E-state index contributed by atoms with van der Waals surface area (Å²) < 4.78 is 26.3. The van der Waals surface area contributed by atoms with Crippen molar-refractivity contribution >= 4 is 21.4 Å². The van der Waals surface area contributed by atoms with Crippen molar-refractivity contribution in [3.63, 3.8) is 0 Å². The SMILES string of the molecule is CCc1ccc(S(=O)(=O)N2CCCC2N)s1. The maximum Gasteiger partial charge on any atom is 0.253 e. The largest absolute Gasteiger partial charge is 0.315 e. The molecule has 1 aromatic heterocycles. The standard InChI is InChI=1S/C10H16N2O2S2/c1-2-8-5-6-10(15-8)16(13,14)12-7-3-4-9(12)11/h5-6,9H,2-4,7,11H2,1H3. The number of nitrogens with zero attached hydrogens (tertiary/aromatic N) is 1. The summed E-state index contributed by atoms with van der Waals surface area (Å²) in [6, 6.07) is 3.56. The van der Waals surface area contributed by atoms with E-state index in [0.29, 0.717) is 10.8 Å². The first kappa shape index (κ1) is 12.0. The van der Waals surface area contributed by atoms with Crippen LogP contribution in [0.5, 0.6) is 0 Å². The number of hydrogen-bond donors (Lipinski definition) is 1. The van der Waals surface area contributed by atoms with E-state index in [1.807, 2.05) is 13.0 Å². The molecule has 0 aromatic carbocycles. The third-order valence-corrected chi connectivity index (χ3v) is 6.42. The highest BCUT2D eigenvalue weighted by atomic mass is 32.2. The first-order chi connectivity index (χ1) is 7.55. The van der Waals surface area contributed by atoms with Gasteiger partial charge in [-0.1, -0.05) is 6.92 Å². The van der Waals surface area contributed by atoms with Gasteiger partial charge in [0.25, 0.3) is 10.0 Å². The van der Waals surface area contributed by atoms with Gasteiger partial charge in [-0.05, 0) is 31.4 Å². The lowest BCUT2D eigenvalue weighted by Crippen LogP contribution is -2.40. The van der Waals surface area contributed by atoms with Crippen molar-refractivity contribution in [2.24, 2.45) is 5.73 Å². The summed E-state index contributed by atoms with van der Waals surface area (Å²) in [4.78, 5) is 1.09. The second-order valence-corrected chi connectivity index (χ2v) is 7.19. The van der Waals surface area contributed by atoms with Crippen LogP contribution in [0.3, 0.4) is 0 Å². The molecule has 0 spiro atoms. The molecule has 1 aromatic rings. The summed E-state index contributed by atoms with van der Waals surface area (Å²) in [6.45, 7) is 2.56. The van der Waals surface area contributed by atoms with E-state index in [2.05, 4.69) is 0 Å². The molecular weight excluding hydrogens is 244 g/mol. The number of rotatable bonds is 3. The monoisotopic (exact) mass is 260 g/mol. The van der Waals surface area contributed by atoms with Gasteiger partial charge in [-0.2, -0.15) is 4.31 Å². The maximum atomic E-state index is 12.2. The van der Waals surface area contributed by atoms with Gasteiger partial charge in [0.15, 0.2) is 0 Å². The summed E-state index contributed by atoms with van der Waals surface area (Å²) in [5.41, 5.74) is 5.79. The van der Waals surface area contributed by atoms with E-state index in [-0.39, 0.29) is 6.17 Å². The molecule has 1 aliphatic rings. The van der Waals surface area contributed by atoms with E-state index in [0.717, 1.165) is 24.1 Å². The van der Waals surface area contributed by atoms with Crippen LogP contribution in [0.1, 0.15) is 24.6 Å². The van der Waals surface area contributed by atoms with Gasteiger partial charge in [0.05, 0.1) is 6.17 Å². The van der Waals surface area contributed by atoms with Gasteiger partial charge < -0.3 is 5.73 Å². The highest BCUT2D eigenvalue weighted by Gasteiger charge is 2.33. The van der Waals surface area contributed by atoms with E-state index in [1.165, 1.54) is 15.6 Å². The van der Waals surface area contributed by atoms with Gasteiger partial charge in [0.2, 0.25) is 0 Å². The summed E-state index contributed by atoms with van der Waals surface area (Å²) in [5.74, 6) is 0. The smallest absolute Gasteiger partial charge is 0.253 e. The van der Waals surface area contributed by atoms with Crippen molar-refractivity contribution in [1.82, 2.24) is 4.31 Å². The Bertz CT molecular complexity index is 467. The van der Waals surface area contributed by atoms with Gasteiger partial charge in [0, 0.05) is 11.4 Å². The Morgan fingerprint density at radius 2 is 2.31 bits per heavy atom. The zero-order valence-electron chi connectivity index (χ0n) is 9.22. The highest BCUT2D eigenvalue weighted by molar-refractivity contribution is 7.91. The number of nitrogens with two attached hydrogens (primary N) is 1. The van der Waals surface area contributed by atoms with E-state index in [9.17, 15) is 8.42 Å². The number of sulfonamides is 1. The van der Waals surface area contributed by atoms with Crippen molar-refractivity contribution in [3.8, 4) is 0 Å². The molecule has 1 unspecified atom stereocenters. The Morgan fingerprint density at radius 3 is 2.81 bits per heavy atom. The Morgan fingerprint density at radius 1 is 1.56 bits per heavy atom. The minimum Gasteiger partial charge on any atom is -0.315 e. The number of aryl methyl sites for hydroxylation is 1. The van der Waals surface area contributed by atoms with Gasteiger partial charge >= 0.3 is 0 Å². The zero-order chi connectivity index (χ0) is 11.8. The van der Waals surface area contributed by atoms with Crippen molar-refractivity contribution in [3.05, 3.63) is 17.0 Å². The van der Waals surface area contributed by atoms with Crippen LogP contribution in [0.4, 0.5) is 0 Å². The first-order valence-corrected chi connectivity index (χ1v) is 7.67. The van der Waals surface area contributed by atoms with Crippen LogP contribution in [0.2, 0.25) is 0 Å². The fraction of sp³-hybridized carbons (Fsp3) is 0.600. The second-order valence-electron chi connectivity index (χ2n) is 3.90. The molecule has 16 heavy (non-hydrogen) atoms. The van der Waals surface area contributed by atoms with Gasteiger partial charge in [-0.25, -0.2) is 8.42 Å². The quantitative estimate of drug-likeness (QED) is 0.893. The summed E-state index contributed by atoms with van der Waals surface area (Å²) in [7, 11) is -3.35. The molecule has 0 amide bonds. The average molecular weight is 260 g/mol. The Balaban J connectivity index is 2.31. The Kier molecular flexibility index (Phi) is 3.34. The molecule has 2 rings (SSSR count). The van der Waals surface area contributed by atoms with Crippen molar-refractivity contribution in [2.75, 3.05) is 6.54 Å². The topological polar surface area (TPSA) is 63.4 Å². The minimum atomic E-state index is -3.35. The molecular formula is C10H16N2O2S2. The lowest BCUT2D eigenvalue weighted by Gasteiger charge is -2.19. The molecule has 1 saturated heterocycles. The van der Waals surface area contributed by atoms with Crippen LogP contribution in [0.25, 0.3) is 0 Å². The highest BCUT2D eigenvalue weighted by Crippen LogP contribution is 2.28. The molecule has 4 nitrogen and oxygen atoms in total. The normalized spacial score (nSPS) is 22.8. The zero-order valence-corrected chi connectivity index (χ0v) is 10.9. The molecule has 0 aliphatic carbocycles. The molecule has 1 fully saturated rings. The second kappa shape index (κ2) is 4.44. The van der Waals surface area contributed by atoms with Crippen LogP contribution < -0.4 is 5.73 Å². The molecule has 0 radical (unpaired) electrons. The predicted molar refractivity (Wildman–Crippen MR) is 64.8 cm³/mol. The lowest BCUT2D eigenvalue weighted by molar-refractivity contribution is 0.397. The third-order valence-electron chi connectivity index (χ3n) is 2.80. The summed E-state index contributed by atoms with van der Waals surface area (Å²) in [5, 5.41) is 0. The third kappa shape index (κ3) is 2.02. The van der Waals surface area contributed by atoms with Crippen molar-refractivity contribution in [1.29, 1.82) is 0 Å². The Hall–Kier alpha value is -0.430. The van der Waals surface area contributed by atoms with Crippen LogP contribution >= 0.6 is 11.3 Å². The molecule has 90 valence electrons.